The van der Waals surface area contributed by atoms with Gasteiger partial charge in [0.05, 0.1) is 11.8 Å². The molecule has 3 atom stereocenters. The summed E-state index contributed by atoms with van der Waals surface area (Å²) in [7, 11) is 1.72. The van der Waals surface area contributed by atoms with Gasteiger partial charge in [-0.25, -0.2) is 0 Å². The van der Waals surface area contributed by atoms with Crippen molar-refractivity contribution in [3.8, 4) is 0 Å². The summed E-state index contributed by atoms with van der Waals surface area (Å²) in [5.41, 5.74) is 0. The minimum atomic E-state index is -0.818. The first-order valence-corrected chi connectivity index (χ1v) is 3.60. The number of nitrogens with zero attached hydrogens (tertiary/aromatic N) is 1. The van der Waals surface area contributed by atoms with E-state index in [1.54, 1.807) is 11.9 Å². The fourth-order valence-corrected chi connectivity index (χ4v) is 1.94. The lowest BCUT2D eigenvalue weighted by Gasteiger charge is -2.11. The van der Waals surface area contributed by atoms with E-state index in [2.05, 4.69) is 0 Å². The molecule has 2 fully saturated rings. The van der Waals surface area contributed by atoms with Crippen molar-refractivity contribution in [2.75, 3.05) is 13.6 Å². The molecule has 60 valence electrons. The first-order valence-electron chi connectivity index (χ1n) is 3.60. The van der Waals surface area contributed by atoms with Crippen molar-refractivity contribution >= 4 is 11.9 Å². The molecule has 2 rings (SSSR count). The van der Waals surface area contributed by atoms with Crippen LogP contribution in [0.5, 0.6) is 0 Å². The second kappa shape index (κ2) is 1.75. The highest BCUT2D eigenvalue weighted by atomic mass is 16.4. The smallest absolute Gasteiger partial charge is 0.307 e. The van der Waals surface area contributed by atoms with Gasteiger partial charge in [0, 0.05) is 19.5 Å². The number of fused-ring (bicyclic) bond motifs is 1. The Morgan fingerprint density at radius 3 is 2.73 bits per heavy atom. The first-order chi connectivity index (χ1) is 5.13. The van der Waals surface area contributed by atoms with Crippen molar-refractivity contribution in [2.45, 2.75) is 0 Å². The number of carbonyl (C=O) groups is 2. The van der Waals surface area contributed by atoms with Crippen molar-refractivity contribution in [2.24, 2.45) is 17.8 Å². The van der Waals surface area contributed by atoms with Crippen LogP contribution in [0, 0.1) is 17.8 Å². The number of aliphatic carboxylic acids is 1. The van der Waals surface area contributed by atoms with Crippen LogP contribution in [0.3, 0.4) is 0 Å². The maximum absolute atomic E-state index is 11.1. The van der Waals surface area contributed by atoms with E-state index in [1.807, 2.05) is 0 Å². The molecule has 3 unspecified atom stereocenters. The molecule has 1 saturated heterocycles. The van der Waals surface area contributed by atoms with E-state index in [-0.39, 0.29) is 23.7 Å². The Kier molecular flexibility index (Phi) is 1.06. The zero-order chi connectivity index (χ0) is 8.17. The molecule has 0 radical (unpaired) electrons. The van der Waals surface area contributed by atoms with Gasteiger partial charge in [0.2, 0.25) is 5.91 Å². The summed E-state index contributed by atoms with van der Waals surface area (Å²) in [5, 5.41) is 8.59. The van der Waals surface area contributed by atoms with Crippen molar-refractivity contribution in [3.63, 3.8) is 0 Å². The molecular weight excluding hydrogens is 146 g/mol. The second-order valence-corrected chi connectivity index (χ2v) is 3.27. The average Bonchev–Trinajstić information content (AvgIpc) is 2.54. The number of hydrogen-bond acceptors (Lipinski definition) is 2. The zero-order valence-corrected chi connectivity index (χ0v) is 6.15. The van der Waals surface area contributed by atoms with E-state index < -0.39 is 5.97 Å². The summed E-state index contributed by atoms with van der Waals surface area (Å²) < 4.78 is 0. The van der Waals surface area contributed by atoms with Crippen molar-refractivity contribution in [1.29, 1.82) is 0 Å². The number of carboxylic acids is 1. The Morgan fingerprint density at radius 1 is 1.73 bits per heavy atom. The Bertz CT molecular complexity index is 238. The summed E-state index contributed by atoms with van der Waals surface area (Å²) in [5.74, 6) is -1.29. The van der Waals surface area contributed by atoms with Crippen molar-refractivity contribution < 1.29 is 14.7 Å². The first kappa shape index (κ1) is 6.64. The molecule has 1 heterocycles. The van der Waals surface area contributed by atoms with E-state index >= 15 is 0 Å². The summed E-state index contributed by atoms with van der Waals surface area (Å²) >= 11 is 0. The van der Waals surface area contributed by atoms with Crippen LogP contribution >= 0.6 is 0 Å². The largest absolute Gasteiger partial charge is 0.481 e. The summed E-state index contributed by atoms with van der Waals surface area (Å²) in [6.07, 6.45) is 0. The summed E-state index contributed by atoms with van der Waals surface area (Å²) in [6, 6.07) is 0. The molecule has 1 N–H and O–H groups in total. The number of hydrogen-bond donors (Lipinski definition) is 1. The van der Waals surface area contributed by atoms with Gasteiger partial charge in [-0.15, -0.1) is 0 Å². The molecule has 1 aliphatic heterocycles. The quantitative estimate of drug-likeness (QED) is 0.550. The topological polar surface area (TPSA) is 57.6 Å². The maximum Gasteiger partial charge on any atom is 0.307 e. The molecule has 0 aromatic heterocycles. The van der Waals surface area contributed by atoms with E-state index in [0.717, 1.165) is 0 Å². The minimum Gasteiger partial charge on any atom is -0.481 e. The molecular formula is C7H9NO3. The highest BCUT2D eigenvalue weighted by Gasteiger charge is 2.64. The molecule has 1 aliphatic carbocycles. The van der Waals surface area contributed by atoms with E-state index in [0.29, 0.717) is 6.54 Å². The minimum absolute atomic E-state index is 0.00222. The van der Waals surface area contributed by atoms with Crippen LogP contribution in [0.25, 0.3) is 0 Å². The maximum atomic E-state index is 11.1. The van der Waals surface area contributed by atoms with Crippen LogP contribution < -0.4 is 0 Å². The molecule has 2 aliphatic rings. The second-order valence-electron chi connectivity index (χ2n) is 3.27. The molecule has 4 heteroatoms. The Morgan fingerprint density at radius 2 is 2.36 bits per heavy atom. The summed E-state index contributed by atoms with van der Waals surface area (Å²) in [6.45, 7) is 0.625. The lowest BCUT2D eigenvalue weighted by Crippen LogP contribution is -2.27. The van der Waals surface area contributed by atoms with Gasteiger partial charge < -0.3 is 10.0 Å². The van der Waals surface area contributed by atoms with Crippen LogP contribution in [0.1, 0.15) is 0 Å². The van der Waals surface area contributed by atoms with Gasteiger partial charge in [-0.2, -0.15) is 0 Å². The molecule has 11 heavy (non-hydrogen) atoms. The predicted molar refractivity (Wildman–Crippen MR) is 35.7 cm³/mol. The van der Waals surface area contributed by atoms with Gasteiger partial charge in [0.15, 0.2) is 0 Å². The SMILES string of the molecule is CN1CC2C(C(=O)O)C2C1=O. The molecule has 1 amide bonds. The van der Waals surface area contributed by atoms with Gasteiger partial charge in [0.1, 0.15) is 0 Å². The van der Waals surface area contributed by atoms with E-state index in [4.69, 9.17) is 5.11 Å². The van der Waals surface area contributed by atoms with Crippen LogP contribution in [0.15, 0.2) is 0 Å². The van der Waals surface area contributed by atoms with Crippen LogP contribution in [0.2, 0.25) is 0 Å². The lowest BCUT2D eigenvalue weighted by atomic mass is 10.3. The van der Waals surface area contributed by atoms with Gasteiger partial charge in [0.25, 0.3) is 0 Å². The zero-order valence-electron chi connectivity index (χ0n) is 6.15. The highest BCUT2D eigenvalue weighted by Crippen LogP contribution is 2.51. The lowest BCUT2D eigenvalue weighted by molar-refractivity contribution is -0.142. The fourth-order valence-electron chi connectivity index (χ4n) is 1.94. The predicted octanol–water partition coefficient (Wildman–Crippen LogP) is -0.595. The average molecular weight is 155 g/mol. The number of carbonyl (C=O) groups excluding carboxylic acids is 1. The Balaban J connectivity index is 2.11. The number of piperidine rings is 1. The van der Waals surface area contributed by atoms with Crippen molar-refractivity contribution in [1.82, 2.24) is 4.90 Å². The molecule has 4 nitrogen and oxygen atoms in total. The molecule has 0 aromatic carbocycles. The molecule has 0 spiro atoms. The van der Waals surface area contributed by atoms with Gasteiger partial charge in [-0.05, 0) is 0 Å². The van der Waals surface area contributed by atoms with Crippen LogP contribution in [-0.4, -0.2) is 35.5 Å². The highest BCUT2D eigenvalue weighted by molar-refractivity contribution is 5.92. The van der Waals surface area contributed by atoms with Crippen LogP contribution in [0.4, 0.5) is 0 Å². The van der Waals surface area contributed by atoms with Gasteiger partial charge in [-0.1, -0.05) is 0 Å². The monoisotopic (exact) mass is 155 g/mol. The van der Waals surface area contributed by atoms with Gasteiger partial charge >= 0.3 is 5.97 Å². The number of rotatable bonds is 1. The third-order valence-electron chi connectivity index (χ3n) is 2.60. The molecule has 1 saturated carbocycles. The normalized spacial score (nSPS) is 40.6. The fraction of sp³-hybridized carbons (Fsp3) is 0.714. The van der Waals surface area contributed by atoms with Gasteiger partial charge in [-0.3, -0.25) is 9.59 Å². The van der Waals surface area contributed by atoms with E-state index in [9.17, 15) is 9.59 Å². The molecule has 0 bridgehead atoms. The Hall–Kier alpha value is -1.06. The van der Waals surface area contributed by atoms with Crippen LogP contribution in [-0.2, 0) is 9.59 Å². The Labute approximate surface area is 63.8 Å². The third kappa shape index (κ3) is 0.692. The number of likely N-dealkylation sites (tertiary alicyclic amines) is 1. The summed E-state index contributed by atoms with van der Waals surface area (Å²) in [4.78, 5) is 23.2. The molecule has 0 aromatic rings. The number of carboxylic acid groups (broad SMARTS) is 1. The standard InChI is InChI=1S/C7H9NO3/c1-8-2-3-4(6(8)9)5(3)7(10)11/h3-5H,2H2,1H3,(H,10,11). The third-order valence-corrected chi connectivity index (χ3v) is 2.60. The van der Waals surface area contributed by atoms with E-state index in [1.165, 1.54) is 0 Å². The van der Waals surface area contributed by atoms with Crippen molar-refractivity contribution in [3.05, 3.63) is 0 Å². The number of amides is 1.